The first-order valence-electron chi connectivity index (χ1n) is 14.0. The molecule has 1 atom stereocenters. The smallest absolute Gasteiger partial charge is 0.244 e. The predicted octanol–water partition coefficient (Wildman–Crippen LogP) is 5.61. The molecule has 3 aromatic rings. The highest BCUT2D eigenvalue weighted by molar-refractivity contribution is 9.10. The Kier molecular flexibility index (Phi) is 10.6. The molecule has 218 valence electrons. The largest absolute Gasteiger partial charge is 0.352 e. The number of sulfonamides is 1. The van der Waals surface area contributed by atoms with Gasteiger partial charge in [-0.1, -0.05) is 101 Å². The second kappa shape index (κ2) is 14.1. The van der Waals surface area contributed by atoms with Crippen molar-refractivity contribution in [1.29, 1.82) is 0 Å². The average molecular weight is 641 g/mol. The van der Waals surface area contributed by atoms with Crippen LogP contribution in [0.25, 0.3) is 0 Å². The molecule has 3 aromatic carbocycles. The summed E-state index contributed by atoms with van der Waals surface area (Å²) in [5.74, 6) is -0.662. The predicted molar refractivity (Wildman–Crippen MR) is 167 cm³/mol. The number of anilines is 1. The van der Waals surface area contributed by atoms with E-state index in [4.69, 9.17) is 0 Å². The summed E-state index contributed by atoms with van der Waals surface area (Å²) < 4.78 is 27.6. The number of hydrogen-bond donors (Lipinski definition) is 1. The quantitative estimate of drug-likeness (QED) is 0.295. The van der Waals surface area contributed by atoms with E-state index in [0.29, 0.717) is 16.6 Å². The Labute approximate surface area is 252 Å². The van der Waals surface area contributed by atoms with Crippen LogP contribution in [0, 0.1) is 6.92 Å². The summed E-state index contributed by atoms with van der Waals surface area (Å²) in [6.45, 7) is 1.73. The van der Waals surface area contributed by atoms with Crippen LogP contribution in [0.15, 0.2) is 83.3 Å². The van der Waals surface area contributed by atoms with Crippen LogP contribution in [-0.2, 0) is 32.6 Å². The Morgan fingerprint density at radius 2 is 1.61 bits per heavy atom. The summed E-state index contributed by atoms with van der Waals surface area (Å²) in [7, 11) is -3.80. The lowest BCUT2D eigenvalue weighted by Gasteiger charge is -2.35. The van der Waals surface area contributed by atoms with E-state index in [-0.39, 0.29) is 18.5 Å². The van der Waals surface area contributed by atoms with Crippen molar-refractivity contribution in [2.45, 2.75) is 64.1 Å². The first-order valence-corrected chi connectivity index (χ1v) is 16.7. The highest BCUT2D eigenvalue weighted by Crippen LogP contribution is 2.24. The first-order chi connectivity index (χ1) is 19.6. The molecule has 0 aliphatic heterocycles. The van der Waals surface area contributed by atoms with Gasteiger partial charge in [0.05, 0.1) is 11.9 Å². The van der Waals surface area contributed by atoms with Crippen molar-refractivity contribution >= 4 is 43.5 Å². The highest BCUT2D eigenvalue weighted by atomic mass is 79.9. The lowest BCUT2D eigenvalue weighted by Crippen LogP contribution is -2.55. The number of amides is 2. The molecule has 41 heavy (non-hydrogen) atoms. The van der Waals surface area contributed by atoms with E-state index in [2.05, 4.69) is 21.2 Å². The molecular weight excluding hydrogens is 602 g/mol. The molecule has 1 N–H and O–H groups in total. The molecule has 1 saturated carbocycles. The van der Waals surface area contributed by atoms with Gasteiger partial charge in [0.25, 0.3) is 0 Å². The minimum atomic E-state index is -3.80. The number of nitrogens with one attached hydrogen (secondary N) is 1. The standard InChI is InChI=1S/C32H38BrN3O4S/c1-24-16-18-26(19-17-24)22-35(31(37)23-36(41(2,39)40)29-15-9-12-27(33)21-29)30(20-25-10-5-3-6-11-25)32(38)34-28-13-7-4-8-14-28/h3,5-6,9-12,15-19,21,28,30H,4,7-8,13-14,20,22-23H2,1-2H3,(H,34,38). The number of halogens is 1. The van der Waals surface area contributed by atoms with Gasteiger partial charge in [-0.2, -0.15) is 0 Å². The van der Waals surface area contributed by atoms with E-state index in [9.17, 15) is 18.0 Å². The second-order valence-electron chi connectivity index (χ2n) is 10.8. The molecule has 0 spiro atoms. The monoisotopic (exact) mass is 639 g/mol. The Balaban J connectivity index is 1.71. The molecule has 1 aliphatic rings. The molecule has 7 nitrogen and oxygen atoms in total. The molecule has 0 bridgehead atoms. The minimum Gasteiger partial charge on any atom is -0.352 e. The SMILES string of the molecule is Cc1ccc(CN(C(=O)CN(c2cccc(Br)c2)S(C)(=O)=O)C(Cc2ccccc2)C(=O)NC2CCCCC2)cc1. The van der Waals surface area contributed by atoms with Gasteiger partial charge in [0, 0.05) is 23.5 Å². The van der Waals surface area contributed by atoms with Gasteiger partial charge in [-0.05, 0) is 49.1 Å². The van der Waals surface area contributed by atoms with Gasteiger partial charge < -0.3 is 10.2 Å². The number of benzene rings is 3. The number of rotatable bonds is 11. The molecule has 1 fully saturated rings. The minimum absolute atomic E-state index is 0.0695. The zero-order valence-corrected chi connectivity index (χ0v) is 26.0. The van der Waals surface area contributed by atoms with Crippen LogP contribution < -0.4 is 9.62 Å². The zero-order valence-electron chi connectivity index (χ0n) is 23.6. The van der Waals surface area contributed by atoms with Crippen LogP contribution in [0.5, 0.6) is 0 Å². The van der Waals surface area contributed by atoms with E-state index < -0.39 is 28.5 Å². The highest BCUT2D eigenvalue weighted by Gasteiger charge is 2.34. The third kappa shape index (κ3) is 8.91. The van der Waals surface area contributed by atoms with Crippen LogP contribution in [0.2, 0.25) is 0 Å². The molecule has 9 heteroatoms. The Hall–Kier alpha value is -3.17. The van der Waals surface area contributed by atoms with E-state index in [1.165, 1.54) is 0 Å². The first kappa shape index (κ1) is 30.8. The molecule has 1 aliphatic carbocycles. The van der Waals surface area contributed by atoms with Crippen LogP contribution in [0.3, 0.4) is 0 Å². The molecule has 0 saturated heterocycles. The van der Waals surface area contributed by atoms with Crippen LogP contribution >= 0.6 is 15.9 Å². The maximum Gasteiger partial charge on any atom is 0.244 e. The Bertz CT molecular complexity index is 1420. The number of aryl methyl sites for hydroxylation is 1. The van der Waals surface area contributed by atoms with Gasteiger partial charge in [-0.3, -0.25) is 13.9 Å². The molecule has 0 aromatic heterocycles. The van der Waals surface area contributed by atoms with Gasteiger partial charge in [0.15, 0.2) is 0 Å². The van der Waals surface area contributed by atoms with Crippen molar-refractivity contribution in [2.75, 3.05) is 17.1 Å². The summed E-state index contributed by atoms with van der Waals surface area (Å²) in [6, 6.07) is 23.5. The lowest BCUT2D eigenvalue weighted by molar-refractivity contribution is -0.140. The normalized spacial score (nSPS) is 14.7. The number of carbonyl (C=O) groups is 2. The van der Waals surface area contributed by atoms with Gasteiger partial charge >= 0.3 is 0 Å². The van der Waals surface area contributed by atoms with Gasteiger partial charge in [0.1, 0.15) is 12.6 Å². The number of hydrogen-bond acceptors (Lipinski definition) is 4. The van der Waals surface area contributed by atoms with Crippen molar-refractivity contribution in [3.8, 4) is 0 Å². The third-order valence-corrected chi connectivity index (χ3v) is 9.11. The molecular formula is C32H38BrN3O4S. The van der Waals surface area contributed by atoms with Crippen LogP contribution in [0.4, 0.5) is 5.69 Å². The van der Waals surface area contributed by atoms with Crippen molar-refractivity contribution in [3.63, 3.8) is 0 Å². The van der Waals surface area contributed by atoms with E-state index in [1.807, 2.05) is 61.5 Å². The third-order valence-electron chi connectivity index (χ3n) is 7.47. The Morgan fingerprint density at radius 3 is 2.24 bits per heavy atom. The van der Waals surface area contributed by atoms with Crippen molar-refractivity contribution in [3.05, 3.63) is 100 Å². The van der Waals surface area contributed by atoms with E-state index in [1.54, 1.807) is 29.2 Å². The molecule has 0 heterocycles. The maximum absolute atomic E-state index is 14.2. The zero-order chi connectivity index (χ0) is 29.4. The maximum atomic E-state index is 14.2. The average Bonchev–Trinajstić information content (AvgIpc) is 2.95. The summed E-state index contributed by atoms with van der Waals surface area (Å²) in [4.78, 5) is 29.7. The fourth-order valence-corrected chi connectivity index (χ4v) is 6.46. The van der Waals surface area contributed by atoms with E-state index >= 15 is 0 Å². The van der Waals surface area contributed by atoms with Gasteiger partial charge in [0.2, 0.25) is 21.8 Å². The van der Waals surface area contributed by atoms with Crippen molar-refractivity contribution in [2.24, 2.45) is 0 Å². The molecule has 1 unspecified atom stereocenters. The molecule has 0 radical (unpaired) electrons. The van der Waals surface area contributed by atoms with Crippen LogP contribution in [-0.4, -0.2) is 50.0 Å². The van der Waals surface area contributed by atoms with E-state index in [0.717, 1.165) is 59.4 Å². The topological polar surface area (TPSA) is 86.8 Å². The number of nitrogens with zero attached hydrogens (tertiary/aromatic N) is 2. The number of carbonyl (C=O) groups excluding carboxylic acids is 2. The fraction of sp³-hybridized carbons (Fsp3) is 0.375. The Morgan fingerprint density at radius 1 is 0.927 bits per heavy atom. The summed E-state index contributed by atoms with van der Waals surface area (Å²) in [5.41, 5.74) is 3.24. The fourth-order valence-electron chi connectivity index (χ4n) is 5.23. The summed E-state index contributed by atoms with van der Waals surface area (Å²) in [6.07, 6.45) is 6.53. The van der Waals surface area contributed by atoms with Gasteiger partial charge in [-0.25, -0.2) is 8.42 Å². The second-order valence-corrected chi connectivity index (χ2v) is 13.6. The molecule has 2 amide bonds. The van der Waals surface area contributed by atoms with Gasteiger partial charge in [-0.15, -0.1) is 0 Å². The summed E-state index contributed by atoms with van der Waals surface area (Å²) in [5, 5.41) is 3.22. The van der Waals surface area contributed by atoms with Crippen molar-refractivity contribution in [1.82, 2.24) is 10.2 Å². The lowest BCUT2D eigenvalue weighted by atomic mass is 9.94. The molecule has 4 rings (SSSR count). The summed E-state index contributed by atoms with van der Waals surface area (Å²) >= 11 is 3.40. The van der Waals surface area contributed by atoms with Crippen molar-refractivity contribution < 1.29 is 18.0 Å². The van der Waals surface area contributed by atoms with Crippen LogP contribution in [0.1, 0.15) is 48.8 Å².